The van der Waals surface area contributed by atoms with E-state index in [4.69, 9.17) is 4.98 Å². The summed E-state index contributed by atoms with van der Waals surface area (Å²) in [7, 11) is 0. The zero-order valence-electron chi connectivity index (χ0n) is 17.3. The molecule has 1 aliphatic carbocycles. The van der Waals surface area contributed by atoms with Crippen molar-refractivity contribution >= 4 is 5.91 Å². The number of carbonyl (C=O) groups excluding carboxylic acids is 1. The van der Waals surface area contributed by atoms with E-state index in [0.29, 0.717) is 11.9 Å². The van der Waals surface area contributed by atoms with Gasteiger partial charge in [-0.15, -0.1) is 0 Å². The summed E-state index contributed by atoms with van der Waals surface area (Å²) in [5.41, 5.74) is 1.02. The Labute approximate surface area is 163 Å². The second-order valence-electron chi connectivity index (χ2n) is 9.93. The molecular formula is C22H36N4O. The van der Waals surface area contributed by atoms with Gasteiger partial charge in [-0.3, -0.25) is 4.79 Å². The van der Waals surface area contributed by atoms with Crippen LogP contribution >= 0.6 is 0 Å². The highest BCUT2D eigenvalue weighted by molar-refractivity contribution is 5.91. The molecule has 3 heterocycles. The Morgan fingerprint density at radius 1 is 1.07 bits per heavy atom. The fraction of sp³-hybridized carbons (Fsp3) is 0.818. The van der Waals surface area contributed by atoms with E-state index in [0.717, 1.165) is 50.0 Å². The van der Waals surface area contributed by atoms with Crippen molar-refractivity contribution in [3.05, 3.63) is 17.7 Å². The first-order valence-corrected chi connectivity index (χ1v) is 11.0. The first-order chi connectivity index (χ1) is 12.9. The zero-order valence-corrected chi connectivity index (χ0v) is 17.3. The monoisotopic (exact) mass is 372 g/mol. The van der Waals surface area contributed by atoms with E-state index < -0.39 is 0 Å². The van der Waals surface area contributed by atoms with Crippen molar-refractivity contribution in [2.24, 2.45) is 11.8 Å². The molecule has 150 valence electrons. The first-order valence-electron chi connectivity index (χ1n) is 11.0. The van der Waals surface area contributed by atoms with Crippen LogP contribution in [0.5, 0.6) is 0 Å². The Kier molecular flexibility index (Phi) is 5.32. The van der Waals surface area contributed by atoms with E-state index in [9.17, 15) is 4.79 Å². The van der Waals surface area contributed by atoms with Crippen molar-refractivity contribution in [1.82, 2.24) is 19.8 Å². The molecule has 1 aromatic rings. The smallest absolute Gasteiger partial charge is 0.289 e. The van der Waals surface area contributed by atoms with Crippen molar-refractivity contribution in [2.45, 2.75) is 77.2 Å². The number of nitrogens with one attached hydrogen (secondary N) is 1. The van der Waals surface area contributed by atoms with Crippen LogP contribution in [0.2, 0.25) is 0 Å². The summed E-state index contributed by atoms with van der Waals surface area (Å²) in [4.78, 5) is 20.3. The third kappa shape index (κ3) is 3.94. The maximum atomic E-state index is 13.4. The summed E-state index contributed by atoms with van der Waals surface area (Å²) in [5.74, 6) is 2.44. The van der Waals surface area contributed by atoms with E-state index in [1.54, 1.807) is 0 Å². The molecule has 0 spiro atoms. The lowest BCUT2D eigenvalue weighted by atomic mass is 9.84. The molecule has 1 N–H and O–H groups in total. The fourth-order valence-electron chi connectivity index (χ4n) is 5.17. The first kappa shape index (κ1) is 19.0. The van der Waals surface area contributed by atoms with Gasteiger partial charge in [-0.05, 0) is 57.0 Å². The molecule has 0 radical (unpaired) electrons. The number of likely N-dealkylation sites (tertiary alicyclic amines) is 1. The molecule has 3 aliphatic rings. The van der Waals surface area contributed by atoms with Crippen molar-refractivity contribution in [1.29, 1.82) is 0 Å². The summed E-state index contributed by atoms with van der Waals surface area (Å²) in [6, 6.07) is 0.453. The van der Waals surface area contributed by atoms with E-state index in [2.05, 4.69) is 41.8 Å². The molecule has 2 aliphatic heterocycles. The molecule has 0 bridgehead atoms. The molecule has 4 rings (SSSR count). The Morgan fingerprint density at radius 2 is 1.78 bits per heavy atom. The molecule has 1 amide bonds. The number of imidazole rings is 1. The average molecular weight is 373 g/mol. The van der Waals surface area contributed by atoms with Crippen LogP contribution in [0.4, 0.5) is 0 Å². The van der Waals surface area contributed by atoms with Gasteiger partial charge in [0.05, 0.1) is 5.69 Å². The molecule has 27 heavy (non-hydrogen) atoms. The van der Waals surface area contributed by atoms with Crippen LogP contribution in [-0.2, 0) is 5.41 Å². The number of amides is 1. The zero-order chi connectivity index (χ0) is 19.0. The van der Waals surface area contributed by atoms with Gasteiger partial charge in [0.15, 0.2) is 5.82 Å². The number of piperidine rings is 1. The van der Waals surface area contributed by atoms with Gasteiger partial charge in [0.1, 0.15) is 0 Å². The van der Waals surface area contributed by atoms with Gasteiger partial charge in [0.25, 0.3) is 5.91 Å². The molecule has 5 nitrogen and oxygen atoms in total. The number of rotatable bonds is 3. The highest BCUT2D eigenvalue weighted by Crippen LogP contribution is 2.34. The molecule has 0 aromatic carbocycles. The Hall–Kier alpha value is -1.36. The molecule has 1 unspecified atom stereocenters. The van der Waals surface area contributed by atoms with Gasteiger partial charge < -0.3 is 14.8 Å². The number of hydrogen-bond donors (Lipinski definition) is 1. The minimum atomic E-state index is -0.0264. The SMILES string of the molecule is CC(C)(C)c1cn(C2CCCC2)c(C(=O)N2CCC(C3CCNC3)CC2)n1. The predicted molar refractivity (Wildman–Crippen MR) is 108 cm³/mol. The van der Waals surface area contributed by atoms with Crippen molar-refractivity contribution in [3.8, 4) is 0 Å². The van der Waals surface area contributed by atoms with E-state index in [1.165, 1.54) is 38.6 Å². The number of aromatic nitrogens is 2. The highest BCUT2D eigenvalue weighted by Gasteiger charge is 2.34. The minimum absolute atomic E-state index is 0.0264. The maximum Gasteiger partial charge on any atom is 0.289 e. The molecule has 2 saturated heterocycles. The lowest BCUT2D eigenvalue weighted by molar-refractivity contribution is 0.0643. The van der Waals surface area contributed by atoms with Crippen molar-refractivity contribution < 1.29 is 4.79 Å². The number of carbonyl (C=O) groups is 1. The molecule has 1 atom stereocenters. The van der Waals surface area contributed by atoms with Gasteiger partial charge in [0, 0.05) is 30.7 Å². The molecular weight excluding hydrogens is 336 g/mol. The summed E-state index contributed by atoms with van der Waals surface area (Å²) in [5, 5.41) is 3.49. The number of nitrogens with zero attached hydrogens (tertiary/aromatic N) is 3. The standard InChI is InChI=1S/C22H36N4O/c1-22(2,3)19-15-26(18-6-4-5-7-18)20(24-19)21(27)25-12-9-16(10-13-25)17-8-11-23-14-17/h15-18,23H,4-14H2,1-3H3. The quantitative estimate of drug-likeness (QED) is 0.879. The van der Waals surface area contributed by atoms with E-state index in [-0.39, 0.29) is 11.3 Å². The lowest BCUT2D eigenvalue weighted by Gasteiger charge is -2.34. The van der Waals surface area contributed by atoms with Crippen LogP contribution in [0.3, 0.4) is 0 Å². The third-order valence-electron chi connectivity index (χ3n) is 7.00. The third-order valence-corrected chi connectivity index (χ3v) is 7.00. The minimum Gasteiger partial charge on any atom is -0.336 e. The van der Waals surface area contributed by atoms with Gasteiger partial charge >= 0.3 is 0 Å². The molecule has 3 fully saturated rings. The summed E-state index contributed by atoms with van der Waals surface area (Å²) >= 11 is 0. The van der Waals surface area contributed by atoms with Crippen molar-refractivity contribution in [2.75, 3.05) is 26.2 Å². The van der Waals surface area contributed by atoms with Gasteiger partial charge in [0.2, 0.25) is 0 Å². The topological polar surface area (TPSA) is 50.2 Å². The largest absolute Gasteiger partial charge is 0.336 e. The molecule has 5 heteroatoms. The highest BCUT2D eigenvalue weighted by atomic mass is 16.2. The second kappa shape index (κ2) is 7.57. The summed E-state index contributed by atoms with van der Waals surface area (Å²) < 4.78 is 2.23. The van der Waals surface area contributed by atoms with Gasteiger partial charge in [-0.2, -0.15) is 0 Å². The molecule has 1 aromatic heterocycles. The second-order valence-corrected chi connectivity index (χ2v) is 9.93. The Bertz CT molecular complexity index is 654. The number of hydrogen-bond acceptors (Lipinski definition) is 3. The Morgan fingerprint density at radius 3 is 2.37 bits per heavy atom. The summed E-state index contributed by atoms with van der Waals surface area (Å²) in [6.45, 7) is 10.7. The van der Waals surface area contributed by atoms with Crippen molar-refractivity contribution in [3.63, 3.8) is 0 Å². The van der Waals surface area contributed by atoms with Crippen LogP contribution in [0, 0.1) is 11.8 Å². The van der Waals surface area contributed by atoms with Crippen LogP contribution < -0.4 is 5.32 Å². The van der Waals surface area contributed by atoms with Crippen LogP contribution in [0.15, 0.2) is 6.20 Å². The maximum absolute atomic E-state index is 13.4. The van der Waals surface area contributed by atoms with E-state index >= 15 is 0 Å². The predicted octanol–water partition coefficient (Wildman–Crippen LogP) is 3.76. The van der Waals surface area contributed by atoms with Gasteiger partial charge in [-0.1, -0.05) is 33.6 Å². The molecule has 1 saturated carbocycles. The van der Waals surface area contributed by atoms with E-state index in [1.807, 2.05) is 0 Å². The fourth-order valence-corrected chi connectivity index (χ4v) is 5.17. The van der Waals surface area contributed by atoms with Crippen LogP contribution in [0.1, 0.15) is 88.1 Å². The Balaban J connectivity index is 1.50. The van der Waals surface area contributed by atoms with Crippen LogP contribution in [0.25, 0.3) is 0 Å². The average Bonchev–Trinajstić information content (AvgIpc) is 3.41. The summed E-state index contributed by atoms with van der Waals surface area (Å²) in [6.07, 6.45) is 10.7. The van der Waals surface area contributed by atoms with Gasteiger partial charge in [-0.25, -0.2) is 4.98 Å². The normalized spacial score (nSPS) is 25.4. The lowest BCUT2D eigenvalue weighted by Crippen LogP contribution is -2.41. The van der Waals surface area contributed by atoms with Crippen LogP contribution in [-0.4, -0.2) is 46.5 Å².